The lowest BCUT2D eigenvalue weighted by atomic mass is 10.1. The lowest BCUT2D eigenvalue weighted by Crippen LogP contribution is -2.15. The minimum absolute atomic E-state index is 0.0269. The fourth-order valence-corrected chi connectivity index (χ4v) is 3.05. The number of ether oxygens (including phenoxy) is 3. The Balaban J connectivity index is 1.50. The summed E-state index contributed by atoms with van der Waals surface area (Å²) < 4.78 is 20.5. The van der Waals surface area contributed by atoms with Gasteiger partial charge in [0.05, 0.1) is 31.1 Å². The van der Waals surface area contributed by atoms with Crippen LogP contribution >= 0.6 is 11.3 Å². The van der Waals surface area contributed by atoms with Crippen LogP contribution < -0.4 is 9.47 Å². The SMILES string of the molecule is COc1ccc(C(=O)COC(=O)CCc2nc(-c3cccs3)no2)c(OC)c1. The summed E-state index contributed by atoms with van der Waals surface area (Å²) in [7, 11) is 2.97. The van der Waals surface area contributed by atoms with Crippen molar-refractivity contribution in [3.63, 3.8) is 0 Å². The molecule has 2 heterocycles. The van der Waals surface area contributed by atoms with E-state index in [1.807, 2.05) is 17.5 Å². The first-order chi connectivity index (χ1) is 13.6. The molecule has 0 radical (unpaired) electrons. The molecule has 8 nitrogen and oxygen atoms in total. The number of ketones is 1. The van der Waals surface area contributed by atoms with E-state index in [0.717, 1.165) is 4.88 Å². The third kappa shape index (κ3) is 4.74. The zero-order chi connectivity index (χ0) is 19.9. The van der Waals surface area contributed by atoms with Gasteiger partial charge in [0.2, 0.25) is 17.5 Å². The van der Waals surface area contributed by atoms with Crippen molar-refractivity contribution in [2.75, 3.05) is 20.8 Å². The second kappa shape index (κ2) is 9.14. The number of esters is 1. The van der Waals surface area contributed by atoms with E-state index in [1.54, 1.807) is 18.2 Å². The van der Waals surface area contributed by atoms with Crippen LogP contribution in [-0.2, 0) is 16.0 Å². The van der Waals surface area contributed by atoms with Gasteiger partial charge in [0.1, 0.15) is 11.5 Å². The fraction of sp³-hybridized carbons (Fsp3) is 0.263. The smallest absolute Gasteiger partial charge is 0.306 e. The van der Waals surface area contributed by atoms with Gasteiger partial charge in [-0.1, -0.05) is 11.2 Å². The summed E-state index contributed by atoms with van der Waals surface area (Å²) in [6.45, 7) is -0.383. The lowest BCUT2D eigenvalue weighted by Gasteiger charge is -2.09. The third-order valence-corrected chi connectivity index (χ3v) is 4.69. The molecule has 0 spiro atoms. The normalized spacial score (nSPS) is 10.5. The molecular formula is C19H18N2O6S. The van der Waals surface area contributed by atoms with Crippen molar-refractivity contribution in [2.45, 2.75) is 12.8 Å². The molecule has 0 atom stereocenters. The van der Waals surface area contributed by atoms with Gasteiger partial charge >= 0.3 is 5.97 Å². The molecule has 1 aromatic carbocycles. The van der Waals surface area contributed by atoms with Gasteiger partial charge in [0.15, 0.2) is 6.61 Å². The molecule has 3 aromatic rings. The maximum atomic E-state index is 12.3. The van der Waals surface area contributed by atoms with Crippen molar-refractivity contribution < 1.29 is 28.3 Å². The Labute approximate surface area is 165 Å². The van der Waals surface area contributed by atoms with Gasteiger partial charge in [-0.2, -0.15) is 4.98 Å². The van der Waals surface area contributed by atoms with E-state index in [4.69, 9.17) is 18.7 Å². The number of nitrogens with zero attached hydrogens (tertiary/aromatic N) is 2. The highest BCUT2D eigenvalue weighted by atomic mass is 32.1. The predicted octanol–water partition coefficient (Wildman–Crippen LogP) is 3.17. The summed E-state index contributed by atoms with van der Waals surface area (Å²) in [4.78, 5) is 29.4. The molecule has 28 heavy (non-hydrogen) atoms. The summed E-state index contributed by atoms with van der Waals surface area (Å²) in [5.74, 6) is 0.838. The van der Waals surface area contributed by atoms with Crippen LogP contribution in [0.4, 0.5) is 0 Å². The lowest BCUT2D eigenvalue weighted by molar-refractivity contribution is -0.142. The van der Waals surface area contributed by atoms with Crippen LogP contribution in [0.5, 0.6) is 11.5 Å². The summed E-state index contributed by atoms with van der Waals surface area (Å²) in [5.41, 5.74) is 0.314. The molecule has 0 saturated carbocycles. The topological polar surface area (TPSA) is 101 Å². The number of Topliss-reactive ketones (excluding diaryl/α,β-unsaturated/α-hetero) is 1. The van der Waals surface area contributed by atoms with Crippen molar-refractivity contribution in [2.24, 2.45) is 0 Å². The number of benzene rings is 1. The number of methoxy groups -OCH3 is 2. The predicted molar refractivity (Wildman–Crippen MR) is 101 cm³/mol. The Kier molecular flexibility index (Phi) is 6.38. The van der Waals surface area contributed by atoms with E-state index in [9.17, 15) is 9.59 Å². The van der Waals surface area contributed by atoms with Crippen LogP contribution in [0.15, 0.2) is 40.2 Å². The first kappa shape index (κ1) is 19.6. The minimum Gasteiger partial charge on any atom is -0.497 e. The van der Waals surface area contributed by atoms with Gasteiger partial charge in [0, 0.05) is 12.5 Å². The third-order valence-electron chi connectivity index (χ3n) is 3.83. The van der Waals surface area contributed by atoms with Gasteiger partial charge in [-0.3, -0.25) is 9.59 Å². The molecule has 0 fully saturated rings. The van der Waals surface area contributed by atoms with E-state index in [0.29, 0.717) is 28.8 Å². The van der Waals surface area contributed by atoms with Crippen LogP contribution in [0.3, 0.4) is 0 Å². The Morgan fingerprint density at radius 1 is 1.18 bits per heavy atom. The van der Waals surface area contributed by atoms with Crippen LogP contribution in [0.25, 0.3) is 10.7 Å². The first-order valence-electron chi connectivity index (χ1n) is 8.38. The maximum Gasteiger partial charge on any atom is 0.306 e. The van der Waals surface area contributed by atoms with Crippen molar-refractivity contribution in [1.82, 2.24) is 10.1 Å². The van der Waals surface area contributed by atoms with Gasteiger partial charge in [0.25, 0.3) is 0 Å². The number of thiophene rings is 1. The molecule has 0 N–H and O–H groups in total. The van der Waals surface area contributed by atoms with E-state index in [-0.39, 0.29) is 25.2 Å². The Morgan fingerprint density at radius 3 is 2.75 bits per heavy atom. The van der Waals surface area contributed by atoms with Gasteiger partial charge in [-0.15, -0.1) is 11.3 Å². The molecule has 3 rings (SSSR count). The standard InChI is InChI=1S/C19H18N2O6S/c1-24-12-5-6-13(15(10-12)25-2)14(22)11-26-18(23)8-7-17-20-19(21-27-17)16-4-3-9-28-16/h3-6,9-10H,7-8,11H2,1-2H3. The number of rotatable bonds is 9. The number of aromatic nitrogens is 2. The molecule has 9 heteroatoms. The average molecular weight is 402 g/mol. The highest BCUT2D eigenvalue weighted by Crippen LogP contribution is 2.25. The quantitative estimate of drug-likeness (QED) is 0.397. The molecule has 0 bridgehead atoms. The fourth-order valence-electron chi connectivity index (χ4n) is 2.40. The van der Waals surface area contributed by atoms with E-state index in [1.165, 1.54) is 25.6 Å². The molecular weight excluding hydrogens is 384 g/mol. The summed E-state index contributed by atoms with van der Waals surface area (Å²) in [6.07, 6.45) is 0.260. The van der Waals surface area contributed by atoms with Crippen molar-refractivity contribution in [3.05, 3.63) is 47.2 Å². The van der Waals surface area contributed by atoms with Crippen molar-refractivity contribution in [1.29, 1.82) is 0 Å². The highest BCUT2D eigenvalue weighted by molar-refractivity contribution is 7.13. The van der Waals surface area contributed by atoms with Crippen LogP contribution in [0.1, 0.15) is 22.7 Å². The monoisotopic (exact) mass is 402 g/mol. The number of carbonyl (C=O) groups excluding carboxylic acids is 2. The summed E-state index contributed by atoms with van der Waals surface area (Å²) in [5, 5.41) is 5.79. The molecule has 0 unspecified atom stereocenters. The van der Waals surface area contributed by atoms with Crippen LogP contribution in [-0.4, -0.2) is 42.7 Å². The van der Waals surface area contributed by atoms with Gasteiger partial charge in [-0.05, 0) is 23.6 Å². The molecule has 0 aliphatic heterocycles. The van der Waals surface area contributed by atoms with Crippen molar-refractivity contribution >= 4 is 23.1 Å². The Bertz CT molecular complexity index is 951. The summed E-state index contributed by atoms with van der Waals surface area (Å²) in [6, 6.07) is 8.57. The van der Waals surface area contributed by atoms with Crippen LogP contribution in [0, 0.1) is 0 Å². The molecule has 0 amide bonds. The molecule has 2 aromatic heterocycles. The number of aryl methyl sites for hydroxylation is 1. The average Bonchev–Trinajstić information content (AvgIpc) is 3.41. The van der Waals surface area contributed by atoms with Crippen molar-refractivity contribution in [3.8, 4) is 22.2 Å². The zero-order valence-electron chi connectivity index (χ0n) is 15.3. The van der Waals surface area contributed by atoms with Gasteiger partial charge < -0.3 is 18.7 Å². The Morgan fingerprint density at radius 2 is 2.04 bits per heavy atom. The second-order valence-corrected chi connectivity index (χ2v) is 6.59. The maximum absolute atomic E-state index is 12.3. The second-order valence-electron chi connectivity index (χ2n) is 5.64. The number of hydrogen-bond acceptors (Lipinski definition) is 9. The Hall–Kier alpha value is -3.20. The first-order valence-corrected chi connectivity index (χ1v) is 9.26. The molecule has 0 saturated heterocycles. The van der Waals surface area contributed by atoms with Crippen LogP contribution in [0.2, 0.25) is 0 Å². The minimum atomic E-state index is -0.531. The number of carbonyl (C=O) groups is 2. The summed E-state index contributed by atoms with van der Waals surface area (Å²) >= 11 is 1.50. The van der Waals surface area contributed by atoms with E-state index >= 15 is 0 Å². The van der Waals surface area contributed by atoms with Gasteiger partial charge in [-0.25, -0.2) is 0 Å². The van der Waals surface area contributed by atoms with E-state index in [2.05, 4.69) is 10.1 Å². The molecule has 146 valence electrons. The van der Waals surface area contributed by atoms with E-state index < -0.39 is 5.97 Å². The zero-order valence-corrected chi connectivity index (χ0v) is 16.2. The molecule has 0 aliphatic rings. The molecule has 0 aliphatic carbocycles. The highest BCUT2D eigenvalue weighted by Gasteiger charge is 2.17. The number of hydrogen-bond donors (Lipinski definition) is 0. The largest absolute Gasteiger partial charge is 0.497 e.